The monoisotopic (exact) mass is 453 g/mol. The van der Waals surface area contributed by atoms with Gasteiger partial charge < -0.3 is 20.1 Å². The third kappa shape index (κ3) is 5.70. The normalized spacial score (nSPS) is 17.5. The van der Waals surface area contributed by atoms with Gasteiger partial charge in [0.2, 0.25) is 0 Å². The van der Waals surface area contributed by atoms with Crippen LogP contribution in [0.15, 0.2) is 52.3 Å². The summed E-state index contributed by atoms with van der Waals surface area (Å²) < 4.78 is 10.5. The molecule has 2 aliphatic heterocycles. The SMILES string of the molecule is COc1ccc(C=C2Sc3ccc(C(=O)NCCCN4CCOCC4)cc3NC2=O)cc1. The number of amides is 2. The molecule has 0 unspecified atom stereocenters. The molecule has 2 heterocycles. The molecule has 1 saturated heterocycles. The molecule has 2 aromatic rings. The second-order valence-electron chi connectivity index (χ2n) is 7.61. The molecule has 0 atom stereocenters. The molecule has 2 aromatic carbocycles. The number of nitrogens with one attached hydrogen (secondary N) is 2. The summed E-state index contributed by atoms with van der Waals surface area (Å²) in [6.07, 6.45) is 2.74. The van der Waals surface area contributed by atoms with Crippen molar-refractivity contribution in [1.82, 2.24) is 10.2 Å². The topological polar surface area (TPSA) is 79.9 Å². The Hall–Kier alpha value is -2.81. The smallest absolute Gasteiger partial charge is 0.262 e. The van der Waals surface area contributed by atoms with E-state index in [1.807, 2.05) is 36.4 Å². The molecular formula is C24H27N3O4S. The Bertz CT molecular complexity index is 1000. The summed E-state index contributed by atoms with van der Waals surface area (Å²) >= 11 is 1.40. The highest BCUT2D eigenvalue weighted by atomic mass is 32.2. The number of fused-ring (bicyclic) bond motifs is 1. The standard InChI is InChI=1S/C24H27N3O4S/c1-30-19-6-3-17(4-7-19)15-22-24(29)26-20-16-18(5-8-21(20)32-22)23(28)25-9-2-10-27-11-13-31-14-12-27/h3-8,15-16H,2,9-14H2,1H3,(H,25,28)(H,26,29). The van der Waals surface area contributed by atoms with Crippen molar-refractivity contribution >= 4 is 35.3 Å². The minimum Gasteiger partial charge on any atom is -0.497 e. The Morgan fingerprint density at radius 2 is 2.00 bits per heavy atom. The van der Waals surface area contributed by atoms with Gasteiger partial charge in [-0.1, -0.05) is 23.9 Å². The maximum Gasteiger partial charge on any atom is 0.262 e. The van der Waals surface area contributed by atoms with Gasteiger partial charge in [0.1, 0.15) is 5.75 Å². The maximum absolute atomic E-state index is 12.6. The van der Waals surface area contributed by atoms with E-state index in [4.69, 9.17) is 9.47 Å². The maximum atomic E-state index is 12.6. The van der Waals surface area contributed by atoms with Gasteiger partial charge in [0.05, 0.1) is 30.9 Å². The Morgan fingerprint density at radius 1 is 1.22 bits per heavy atom. The van der Waals surface area contributed by atoms with Crippen molar-refractivity contribution < 1.29 is 19.1 Å². The highest BCUT2D eigenvalue weighted by Gasteiger charge is 2.22. The van der Waals surface area contributed by atoms with E-state index in [0.717, 1.165) is 55.5 Å². The van der Waals surface area contributed by atoms with Crippen LogP contribution in [0, 0.1) is 0 Å². The first kappa shape index (κ1) is 22.4. The lowest BCUT2D eigenvalue weighted by molar-refractivity contribution is -0.112. The molecule has 168 valence electrons. The number of carbonyl (C=O) groups excluding carboxylic acids is 2. The molecule has 0 bridgehead atoms. The summed E-state index contributed by atoms with van der Waals surface area (Å²) in [5, 5.41) is 5.88. The number of hydrogen-bond donors (Lipinski definition) is 2. The van der Waals surface area contributed by atoms with E-state index >= 15 is 0 Å². The number of rotatable bonds is 7. The lowest BCUT2D eigenvalue weighted by Gasteiger charge is -2.26. The van der Waals surface area contributed by atoms with Crippen molar-refractivity contribution in [3.8, 4) is 5.75 Å². The van der Waals surface area contributed by atoms with E-state index in [1.54, 1.807) is 19.2 Å². The van der Waals surface area contributed by atoms with Crippen LogP contribution in [0.25, 0.3) is 6.08 Å². The average Bonchev–Trinajstić information content (AvgIpc) is 2.83. The number of benzene rings is 2. The van der Waals surface area contributed by atoms with Gasteiger partial charge in [0, 0.05) is 30.1 Å². The van der Waals surface area contributed by atoms with Gasteiger partial charge in [0.15, 0.2) is 0 Å². The summed E-state index contributed by atoms with van der Waals surface area (Å²) in [7, 11) is 1.62. The Labute approximate surface area is 192 Å². The zero-order valence-electron chi connectivity index (χ0n) is 18.1. The molecule has 0 spiro atoms. The molecule has 7 nitrogen and oxygen atoms in total. The fraction of sp³-hybridized carbons (Fsp3) is 0.333. The zero-order chi connectivity index (χ0) is 22.3. The lowest BCUT2D eigenvalue weighted by atomic mass is 10.1. The van der Waals surface area contributed by atoms with E-state index < -0.39 is 0 Å². The summed E-state index contributed by atoms with van der Waals surface area (Å²) in [4.78, 5) is 29.0. The Balaban J connectivity index is 1.34. The fourth-order valence-electron chi connectivity index (χ4n) is 3.58. The van der Waals surface area contributed by atoms with Crippen LogP contribution in [0.1, 0.15) is 22.3 Å². The number of ether oxygens (including phenoxy) is 2. The zero-order valence-corrected chi connectivity index (χ0v) is 18.9. The van der Waals surface area contributed by atoms with Crippen molar-refractivity contribution in [2.24, 2.45) is 0 Å². The molecule has 0 aliphatic carbocycles. The van der Waals surface area contributed by atoms with Gasteiger partial charge >= 0.3 is 0 Å². The van der Waals surface area contributed by atoms with E-state index in [-0.39, 0.29) is 11.8 Å². The Kier molecular flexibility index (Phi) is 7.47. The molecule has 1 fully saturated rings. The summed E-state index contributed by atoms with van der Waals surface area (Å²) in [6.45, 7) is 5.02. The van der Waals surface area contributed by atoms with Crippen LogP contribution in [0.4, 0.5) is 5.69 Å². The predicted octanol–water partition coefficient (Wildman–Crippen LogP) is 3.23. The molecule has 4 rings (SSSR count). The first-order valence-electron chi connectivity index (χ1n) is 10.7. The van der Waals surface area contributed by atoms with Crippen LogP contribution < -0.4 is 15.4 Å². The summed E-state index contributed by atoms with van der Waals surface area (Å²) in [6, 6.07) is 12.9. The van der Waals surface area contributed by atoms with Crippen LogP contribution in [0.5, 0.6) is 5.75 Å². The Morgan fingerprint density at radius 3 is 2.75 bits per heavy atom. The number of carbonyl (C=O) groups is 2. The molecule has 2 aliphatic rings. The molecule has 0 aromatic heterocycles. The van der Waals surface area contributed by atoms with Gasteiger partial charge in [-0.2, -0.15) is 0 Å². The van der Waals surface area contributed by atoms with Crippen LogP contribution in [-0.2, 0) is 9.53 Å². The number of anilines is 1. The number of thioether (sulfide) groups is 1. The molecule has 0 saturated carbocycles. The van der Waals surface area contributed by atoms with Gasteiger partial charge in [-0.3, -0.25) is 14.5 Å². The third-order valence-corrected chi connectivity index (χ3v) is 6.49. The van der Waals surface area contributed by atoms with E-state index in [9.17, 15) is 9.59 Å². The molecule has 32 heavy (non-hydrogen) atoms. The number of nitrogens with zero attached hydrogens (tertiary/aromatic N) is 1. The number of methoxy groups -OCH3 is 1. The third-order valence-electron chi connectivity index (χ3n) is 5.39. The predicted molar refractivity (Wildman–Crippen MR) is 126 cm³/mol. The van der Waals surface area contributed by atoms with Gasteiger partial charge in [-0.25, -0.2) is 0 Å². The van der Waals surface area contributed by atoms with Gasteiger partial charge in [-0.15, -0.1) is 0 Å². The molecular weight excluding hydrogens is 426 g/mol. The molecule has 2 N–H and O–H groups in total. The van der Waals surface area contributed by atoms with Crippen molar-refractivity contribution in [3.05, 3.63) is 58.5 Å². The second kappa shape index (κ2) is 10.7. The van der Waals surface area contributed by atoms with Crippen LogP contribution in [0.2, 0.25) is 0 Å². The van der Waals surface area contributed by atoms with E-state index in [2.05, 4.69) is 15.5 Å². The average molecular weight is 454 g/mol. The minimum atomic E-state index is -0.179. The van der Waals surface area contributed by atoms with E-state index in [1.165, 1.54) is 11.8 Å². The van der Waals surface area contributed by atoms with E-state index in [0.29, 0.717) is 22.7 Å². The first-order valence-corrected chi connectivity index (χ1v) is 11.5. The van der Waals surface area contributed by atoms with Crippen LogP contribution >= 0.6 is 11.8 Å². The van der Waals surface area contributed by atoms with Gasteiger partial charge in [-0.05, 0) is 54.9 Å². The highest BCUT2D eigenvalue weighted by Crippen LogP contribution is 2.39. The van der Waals surface area contributed by atoms with Crippen molar-refractivity contribution in [1.29, 1.82) is 0 Å². The summed E-state index contributed by atoms with van der Waals surface area (Å²) in [5.41, 5.74) is 2.12. The molecule has 2 amide bonds. The number of hydrogen-bond acceptors (Lipinski definition) is 6. The van der Waals surface area contributed by atoms with Crippen molar-refractivity contribution in [2.45, 2.75) is 11.3 Å². The quantitative estimate of drug-likeness (QED) is 0.495. The van der Waals surface area contributed by atoms with Gasteiger partial charge in [0.25, 0.3) is 11.8 Å². The lowest BCUT2D eigenvalue weighted by Crippen LogP contribution is -2.38. The minimum absolute atomic E-state index is 0.131. The molecule has 0 radical (unpaired) electrons. The van der Waals surface area contributed by atoms with Crippen molar-refractivity contribution in [3.63, 3.8) is 0 Å². The van der Waals surface area contributed by atoms with Crippen molar-refractivity contribution in [2.75, 3.05) is 51.8 Å². The summed E-state index contributed by atoms with van der Waals surface area (Å²) in [5.74, 6) is 0.458. The fourth-order valence-corrected chi connectivity index (χ4v) is 4.52. The van der Waals surface area contributed by atoms with Crippen LogP contribution in [0.3, 0.4) is 0 Å². The van der Waals surface area contributed by atoms with Crippen LogP contribution in [-0.4, -0.2) is 63.2 Å². The first-order chi connectivity index (χ1) is 15.6. The largest absolute Gasteiger partial charge is 0.497 e. The molecule has 8 heteroatoms. The number of morpholine rings is 1. The second-order valence-corrected chi connectivity index (χ2v) is 8.70. The highest BCUT2D eigenvalue weighted by molar-refractivity contribution is 8.04.